The molecule has 4 unspecified atom stereocenters. The molecule has 0 aliphatic carbocycles. The lowest BCUT2D eigenvalue weighted by molar-refractivity contribution is 0.476. The predicted molar refractivity (Wildman–Crippen MR) is 158 cm³/mol. The third kappa shape index (κ3) is 16.6. The van der Waals surface area contributed by atoms with Crippen LogP contribution in [-0.2, 0) is 27.4 Å². The SMILES string of the molecule is CP(C)(=O)CN(CP(C)(=O)O)c1nc(N(CP(C)(C)=O)CP(C)(=O)O)nc(N(CP(C)(=O)O)CP(C)(=O)O)n1. The molecule has 0 fully saturated rings. The van der Waals surface area contributed by atoms with Crippen LogP contribution in [-0.4, -0.2) is 126 Å². The summed E-state index contributed by atoms with van der Waals surface area (Å²) in [4.78, 5) is 56.3. The molecular formula is C17H40N6O10P6. The first-order chi connectivity index (χ1) is 17.0. The quantitative estimate of drug-likeness (QED) is 0.196. The van der Waals surface area contributed by atoms with Crippen molar-refractivity contribution >= 4 is 61.6 Å². The van der Waals surface area contributed by atoms with E-state index in [0.29, 0.717) is 0 Å². The van der Waals surface area contributed by atoms with Crippen LogP contribution in [0.5, 0.6) is 0 Å². The van der Waals surface area contributed by atoms with Gasteiger partial charge >= 0.3 is 0 Å². The summed E-state index contributed by atoms with van der Waals surface area (Å²) in [5, 5.41) is 0. The number of hydrogen-bond donors (Lipinski definition) is 4. The topological polar surface area (TPSA) is 232 Å². The van der Waals surface area contributed by atoms with E-state index in [1.165, 1.54) is 26.7 Å². The number of rotatable bonds is 15. The van der Waals surface area contributed by atoms with Crippen LogP contribution in [0.25, 0.3) is 0 Å². The molecule has 0 spiro atoms. The van der Waals surface area contributed by atoms with E-state index in [2.05, 4.69) is 15.0 Å². The van der Waals surface area contributed by atoms with Crippen LogP contribution in [0.2, 0.25) is 0 Å². The van der Waals surface area contributed by atoms with Crippen LogP contribution in [0.1, 0.15) is 0 Å². The molecule has 0 saturated heterocycles. The van der Waals surface area contributed by atoms with Gasteiger partial charge in [-0.1, -0.05) is 0 Å². The van der Waals surface area contributed by atoms with Gasteiger partial charge in [-0.15, -0.1) is 0 Å². The highest BCUT2D eigenvalue weighted by atomic mass is 31.2. The molecule has 0 aliphatic heterocycles. The largest absolute Gasteiger partial charge is 0.343 e. The van der Waals surface area contributed by atoms with Gasteiger partial charge in [0, 0.05) is 26.7 Å². The Hall–Kier alpha value is -0.370. The standard InChI is InChI=1S/C17H40N6O10P6/c1-34(2,24)9-21(11-36(5,26)27)15-18-16(22(10-35(3,4)25)12-37(6,28)29)20-17(19-15)23(13-38(7,30)31)14-39(8,32)33/h9-14H2,1-8H3,(H,26,27)(H,28,29)(H,30,31)(H,32,33). The lowest BCUT2D eigenvalue weighted by Crippen LogP contribution is -2.34. The fraction of sp³-hybridized carbons (Fsp3) is 0.824. The van der Waals surface area contributed by atoms with Crippen molar-refractivity contribution in [2.24, 2.45) is 0 Å². The molecule has 0 amide bonds. The van der Waals surface area contributed by atoms with Crippen molar-refractivity contribution in [3.63, 3.8) is 0 Å². The first kappa shape index (κ1) is 36.7. The summed E-state index contributed by atoms with van der Waals surface area (Å²) in [5.41, 5.74) is 0. The molecular weight excluding hydrogens is 634 g/mol. The van der Waals surface area contributed by atoms with Crippen LogP contribution in [0.4, 0.5) is 17.8 Å². The lowest BCUT2D eigenvalue weighted by atomic mass is 10.7. The molecule has 16 nitrogen and oxygen atoms in total. The van der Waals surface area contributed by atoms with Crippen LogP contribution < -0.4 is 14.7 Å². The van der Waals surface area contributed by atoms with E-state index >= 15 is 0 Å². The zero-order chi connectivity index (χ0) is 30.8. The first-order valence-corrected chi connectivity index (χ1v) is 26.0. The second-order valence-electron chi connectivity index (χ2n) is 11.1. The van der Waals surface area contributed by atoms with Gasteiger partial charge in [-0.05, 0) is 26.7 Å². The molecule has 4 N–H and O–H groups in total. The average molecular weight is 674 g/mol. The maximum absolute atomic E-state index is 12.7. The molecule has 39 heavy (non-hydrogen) atoms. The van der Waals surface area contributed by atoms with E-state index in [1.807, 2.05) is 0 Å². The fourth-order valence-electron chi connectivity index (χ4n) is 3.37. The molecule has 0 aromatic carbocycles. The second kappa shape index (κ2) is 12.9. The summed E-state index contributed by atoms with van der Waals surface area (Å²) in [6, 6.07) is 0. The van der Waals surface area contributed by atoms with E-state index in [0.717, 1.165) is 41.4 Å². The van der Waals surface area contributed by atoms with Crippen molar-refractivity contribution in [3.05, 3.63) is 0 Å². The zero-order valence-corrected chi connectivity index (χ0v) is 28.7. The molecule has 0 bridgehead atoms. The van der Waals surface area contributed by atoms with E-state index in [1.54, 1.807) is 0 Å². The highest BCUT2D eigenvalue weighted by molar-refractivity contribution is 7.63. The first-order valence-electron chi connectivity index (χ1n) is 11.3. The van der Waals surface area contributed by atoms with E-state index in [4.69, 9.17) is 0 Å². The van der Waals surface area contributed by atoms with Gasteiger partial charge in [0.1, 0.15) is 14.3 Å². The highest BCUT2D eigenvalue weighted by Gasteiger charge is 2.31. The molecule has 0 saturated carbocycles. The minimum atomic E-state index is -3.88. The molecule has 0 radical (unpaired) electrons. The Morgan fingerprint density at radius 1 is 0.436 bits per heavy atom. The van der Waals surface area contributed by atoms with Gasteiger partial charge in [-0.3, -0.25) is 18.3 Å². The van der Waals surface area contributed by atoms with E-state index in [9.17, 15) is 47.0 Å². The summed E-state index contributed by atoms with van der Waals surface area (Å²) in [6.07, 6.45) is -2.95. The number of anilines is 3. The molecule has 1 heterocycles. The minimum Gasteiger partial charge on any atom is -0.343 e. The van der Waals surface area contributed by atoms with Gasteiger partial charge in [-0.25, -0.2) is 0 Å². The summed E-state index contributed by atoms with van der Waals surface area (Å²) >= 11 is 0. The van der Waals surface area contributed by atoms with Crippen molar-refractivity contribution in [2.45, 2.75) is 0 Å². The maximum atomic E-state index is 12.7. The Balaban J connectivity index is 4.05. The summed E-state index contributed by atoms with van der Waals surface area (Å²) < 4.78 is 74.8. The Kier molecular flexibility index (Phi) is 12.1. The molecule has 22 heteroatoms. The van der Waals surface area contributed by atoms with Gasteiger partial charge in [0.15, 0.2) is 0 Å². The van der Waals surface area contributed by atoms with Gasteiger partial charge in [-0.2, -0.15) is 15.0 Å². The van der Waals surface area contributed by atoms with Gasteiger partial charge < -0.3 is 43.4 Å². The predicted octanol–water partition coefficient (Wildman–Crippen LogP) is 2.88. The van der Waals surface area contributed by atoms with Crippen molar-refractivity contribution in [1.82, 2.24) is 15.0 Å². The Labute approximate surface area is 229 Å². The molecule has 1 aromatic heterocycles. The summed E-state index contributed by atoms with van der Waals surface area (Å²) in [5.74, 6) is -1.03. The van der Waals surface area contributed by atoms with Crippen LogP contribution >= 0.6 is 43.8 Å². The third-order valence-electron chi connectivity index (χ3n) is 4.20. The Morgan fingerprint density at radius 2 is 0.615 bits per heavy atom. The highest BCUT2D eigenvalue weighted by Crippen LogP contribution is 2.47. The normalized spacial score (nSPS) is 18.8. The van der Waals surface area contributed by atoms with Crippen molar-refractivity contribution in [1.29, 1.82) is 0 Å². The maximum Gasteiger partial charge on any atom is 0.232 e. The van der Waals surface area contributed by atoms with Crippen molar-refractivity contribution < 1.29 is 47.0 Å². The number of hydrogen-bond acceptors (Lipinski definition) is 12. The van der Waals surface area contributed by atoms with Crippen molar-refractivity contribution in [3.8, 4) is 0 Å². The zero-order valence-electron chi connectivity index (χ0n) is 23.3. The minimum absolute atomic E-state index is 0.265. The van der Waals surface area contributed by atoms with Gasteiger partial charge in [0.2, 0.25) is 47.3 Å². The molecule has 0 aliphatic rings. The van der Waals surface area contributed by atoms with Gasteiger partial charge in [0.05, 0.1) is 37.7 Å². The lowest BCUT2D eigenvalue weighted by Gasteiger charge is -2.31. The van der Waals surface area contributed by atoms with Crippen molar-refractivity contribution in [2.75, 3.05) is 106 Å². The molecule has 1 aromatic rings. The van der Waals surface area contributed by atoms with E-state index in [-0.39, 0.29) is 24.5 Å². The summed E-state index contributed by atoms with van der Waals surface area (Å²) in [7, 11) is -21.2. The Bertz CT molecular complexity index is 1070. The smallest absolute Gasteiger partial charge is 0.232 e. The monoisotopic (exact) mass is 674 g/mol. The number of nitrogens with zero attached hydrogens (tertiary/aromatic N) is 6. The van der Waals surface area contributed by atoms with Crippen LogP contribution in [0.3, 0.4) is 0 Å². The molecule has 1 rings (SSSR count). The Morgan fingerprint density at radius 3 is 0.769 bits per heavy atom. The average Bonchev–Trinajstić information content (AvgIpc) is 2.59. The second-order valence-corrected chi connectivity index (χ2v) is 27.5. The third-order valence-corrected chi connectivity index (χ3v) is 9.71. The summed E-state index contributed by atoms with van der Waals surface area (Å²) in [6.45, 7) is 9.91. The fourth-order valence-corrected chi connectivity index (χ4v) is 9.38. The molecule has 228 valence electrons. The van der Waals surface area contributed by atoms with Crippen LogP contribution in [0.15, 0.2) is 0 Å². The van der Waals surface area contributed by atoms with E-state index < -0.39 is 74.9 Å². The van der Waals surface area contributed by atoms with Crippen LogP contribution in [0, 0.1) is 0 Å². The van der Waals surface area contributed by atoms with Gasteiger partial charge in [0.25, 0.3) is 0 Å². The number of aromatic nitrogens is 3. The molecule has 4 atom stereocenters.